The molecule has 0 spiro atoms. The average molecular weight is 350 g/mol. The van der Waals surface area contributed by atoms with E-state index in [9.17, 15) is 4.79 Å². The highest BCUT2D eigenvalue weighted by molar-refractivity contribution is 7.98. The second kappa shape index (κ2) is 8.35. The van der Waals surface area contributed by atoms with Crippen LogP contribution in [0.25, 0.3) is 0 Å². The molecule has 0 unspecified atom stereocenters. The van der Waals surface area contributed by atoms with E-state index in [-0.39, 0.29) is 5.91 Å². The number of ether oxygens (including phenoxy) is 1. The molecule has 5 heteroatoms. The fourth-order valence-corrected chi connectivity index (χ4v) is 2.65. The minimum atomic E-state index is -0.191. The molecule has 0 atom stereocenters. The lowest BCUT2D eigenvalue weighted by molar-refractivity contribution is 0.102. The first-order valence-corrected chi connectivity index (χ1v) is 9.05. The van der Waals surface area contributed by atoms with Crippen molar-refractivity contribution in [2.75, 3.05) is 11.6 Å². The van der Waals surface area contributed by atoms with Gasteiger partial charge in [-0.3, -0.25) is 4.79 Å². The normalized spacial score (nSPS) is 10.3. The molecule has 3 aromatic rings. The number of carbonyl (C=O) groups is 1. The number of anilines is 1. The topological polar surface area (TPSA) is 51.2 Å². The highest BCUT2D eigenvalue weighted by Gasteiger charge is 2.08. The summed E-state index contributed by atoms with van der Waals surface area (Å²) in [6.45, 7) is 0.412. The largest absolute Gasteiger partial charge is 0.473 e. The van der Waals surface area contributed by atoms with Gasteiger partial charge in [-0.1, -0.05) is 30.3 Å². The quantitative estimate of drug-likeness (QED) is 0.658. The fourth-order valence-electron chi connectivity index (χ4n) is 2.24. The minimum absolute atomic E-state index is 0.191. The Hall–Kier alpha value is -2.79. The van der Waals surface area contributed by atoms with Crippen LogP contribution in [0.4, 0.5) is 5.69 Å². The van der Waals surface area contributed by atoms with Crippen LogP contribution in [0.5, 0.6) is 5.88 Å². The molecule has 1 N–H and O–H groups in total. The lowest BCUT2D eigenvalue weighted by Crippen LogP contribution is -2.12. The number of hydrogen-bond acceptors (Lipinski definition) is 4. The zero-order valence-electron chi connectivity index (χ0n) is 13.8. The second-order valence-corrected chi connectivity index (χ2v) is 6.22. The first-order chi connectivity index (χ1) is 12.2. The number of nitrogens with one attached hydrogen (secondary N) is 1. The van der Waals surface area contributed by atoms with Gasteiger partial charge in [0.15, 0.2) is 0 Å². The summed E-state index contributed by atoms with van der Waals surface area (Å²) in [5.74, 6) is 0.234. The monoisotopic (exact) mass is 350 g/mol. The molecule has 126 valence electrons. The molecule has 1 amide bonds. The molecule has 0 aliphatic carbocycles. The van der Waals surface area contributed by atoms with Gasteiger partial charge in [0.05, 0.1) is 0 Å². The number of thioether (sulfide) groups is 1. The Morgan fingerprint density at radius 1 is 1.08 bits per heavy atom. The molecule has 2 aromatic carbocycles. The lowest BCUT2D eigenvalue weighted by atomic mass is 10.2. The van der Waals surface area contributed by atoms with Crippen LogP contribution in [-0.2, 0) is 6.61 Å². The summed E-state index contributed by atoms with van der Waals surface area (Å²) in [6.07, 6.45) is 3.59. The summed E-state index contributed by atoms with van der Waals surface area (Å²) in [5, 5.41) is 2.88. The van der Waals surface area contributed by atoms with Crippen LogP contribution in [0.3, 0.4) is 0 Å². The zero-order valence-corrected chi connectivity index (χ0v) is 14.6. The van der Waals surface area contributed by atoms with Gasteiger partial charge in [0.25, 0.3) is 5.91 Å². The third-order valence-electron chi connectivity index (χ3n) is 3.57. The first-order valence-electron chi connectivity index (χ1n) is 7.83. The van der Waals surface area contributed by atoms with Crippen molar-refractivity contribution in [1.82, 2.24) is 4.98 Å². The molecule has 1 aromatic heterocycles. The van der Waals surface area contributed by atoms with E-state index in [1.807, 2.05) is 60.9 Å². The number of carbonyl (C=O) groups excluding carboxylic acids is 1. The van der Waals surface area contributed by atoms with Gasteiger partial charge in [0.1, 0.15) is 6.61 Å². The maximum absolute atomic E-state index is 12.4. The number of aromatic nitrogens is 1. The molecule has 25 heavy (non-hydrogen) atoms. The van der Waals surface area contributed by atoms with Crippen molar-refractivity contribution in [3.05, 3.63) is 84.1 Å². The third kappa shape index (κ3) is 4.84. The molecular formula is C20H18N2O2S. The van der Waals surface area contributed by atoms with E-state index in [1.54, 1.807) is 30.1 Å². The van der Waals surface area contributed by atoms with Gasteiger partial charge in [0.2, 0.25) is 5.88 Å². The predicted octanol–water partition coefficient (Wildman–Crippen LogP) is 4.63. The van der Waals surface area contributed by atoms with Crippen molar-refractivity contribution in [3.63, 3.8) is 0 Å². The van der Waals surface area contributed by atoms with Gasteiger partial charge < -0.3 is 10.1 Å². The number of rotatable bonds is 6. The Bertz CT molecular complexity index is 836. The van der Waals surface area contributed by atoms with Crippen LogP contribution in [0.1, 0.15) is 15.9 Å². The maximum atomic E-state index is 12.4. The maximum Gasteiger partial charge on any atom is 0.255 e. The summed E-state index contributed by atoms with van der Waals surface area (Å²) in [4.78, 5) is 17.7. The summed E-state index contributed by atoms with van der Waals surface area (Å²) in [7, 11) is 0. The van der Waals surface area contributed by atoms with Gasteiger partial charge in [-0.15, -0.1) is 11.8 Å². The molecule has 0 saturated carbocycles. The van der Waals surface area contributed by atoms with E-state index in [0.717, 1.165) is 16.1 Å². The van der Waals surface area contributed by atoms with Crippen LogP contribution in [0, 0.1) is 0 Å². The Kier molecular flexibility index (Phi) is 5.69. The van der Waals surface area contributed by atoms with E-state index in [0.29, 0.717) is 18.1 Å². The SMILES string of the molecule is CSc1ccc(NC(=O)c2ccnc(OCc3ccccc3)c2)cc1. The molecule has 0 bridgehead atoms. The molecule has 0 saturated heterocycles. The van der Waals surface area contributed by atoms with Crippen molar-refractivity contribution in [1.29, 1.82) is 0 Å². The molecule has 0 radical (unpaired) electrons. The molecule has 3 rings (SSSR count). The molecule has 0 aliphatic rings. The van der Waals surface area contributed by atoms with Crippen molar-refractivity contribution < 1.29 is 9.53 Å². The molecule has 1 heterocycles. The van der Waals surface area contributed by atoms with Gasteiger partial charge in [-0.25, -0.2) is 4.98 Å². The highest BCUT2D eigenvalue weighted by Crippen LogP contribution is 2.19. The van der Waals surface area contributed by atoms with E-state index < -0.39 is 0 Å². The smallest absolute Gasteiger partial charge is 0.255 e. The molecule has 0 aliphatic heterocycles. The van der Waals surface area contributed by atoms with Crippen LogP contribution < -0.4 is 10.1 Å². The number of nitrogens with zero attached hydrogens (tertiary/aromatic N) is 1. The Labute approximate surface area is 151 Å². The minimum Gasteiger partial charge on any atom is -0.473 e. The van der Waals surface area contributed by atoms with E-state index in [2.05, 4.69) is 10.3 Å². The van der Waals surface area contributed by atoms with E-state index in [1.165, 1.54) is 0 Å². The standard InChI is InChI=1S/C20H18N2O2S/c1-25-18-9-7-17(8-10-18)22-20(23)16-11-12-21-19(13-16)24-14-15-5-3-2-4-6-15/h2-13H,14H2,1H3,(H,22,23). The summed E-state index contributed by atoms with van der Waals surface area (Å²) in [5.41, 5.74) is 2.31. The van der Waals surface area contributed by atoms with Gasteiger partial charge in [-0.2, -0.15) is 0 Å². The highest BCUT2D eigenvalue weighted by atomic mass is 32.2. The van der Waals surface area contributed by atoms with Gasteiger partial charge in [0, 0.05) is 28.4 Å². The number of pyridine rings is 1. The number of amides is 1. The van der Waals surface area contributed by atoms with Gasteiger partial charge >= 0.3 is 0 Å². The van der Waals surface area contributed by atoms with Crippen LogP contribution in [-0.4, -0.2) is 17.1 Å². The van der Waals surface area contributed by atoms with Crippen LogP contribution >= 0.6 is 11.8 Å². The summed E-state index contributed by atoms with van der Waals surface area (Å²) < 4.78 is 5.67. The van der Waals surface area contributed by atoms with E-state index >= 15 is 0 Å². The number of hydrogen-bond donors (Lipinski definition) is 1. The van der Waals surface area contributed by atoms with Crippen LogP contribution in [0.15, 0.2) is 77.8 Å². The third-order valence-corrected chi connectivity index (χ3v) is 4.32. The van der Waals surface area contributed by atoms with Crippen molar-refractivity contribution in [3.8, 4) is 5.88 Å². The summed E-state index contributed by atoms with van der Waals surface area (Å²) >= 11 is 1.66. The Balaban J connectivity index is 1.64. The molecular weight excluding hydrogens is 332 g/mol. The Morgan fingerprint density at radius 2 is 1.84 bits per heavy atom. The average Bonchev–Trinajstić information content (AvgIpc) is 2.68. The number of benzene rings is 2. The van der Waals surface area contributed by atoms with Gasteiger partial charge in [-0.05, 0) is 42.2 Å². The first kappa shape index (κ1) is 17.0. The second-order valence-electron chi connectivity index (χ2n) is 5.34. The molecule has 4 nitrogen and oxygen atoms in total. The summed E-state index contributed by atoms with van der Waals surface area (Å²) in [6, 6.07) is 20.9. The van der Waals surface area contributed by atoms with Crippen molar-refractivity contribution in [2.24, 2.45) is 0 Å². The Morgan fingerprint density at radius 3 is 2.56 bits per heavy atom. The predicted molar refractivity (Wildman–Crippen MR) is 101 cm³/mol. The fraction of sp³-hybridized carbons (Fsp3) is 0.100. The van der Waals surface area contributed by atoms with E-state index in [4.69, 9.17) is 4.74 Å². The van der Waals surface area contributed by atoms with Crippen molar-refractivity contribution in [2.45, 2.75) is 11.5 Å². The zero-order chi connectivity index (χ0) is 17.5. The van der Waals surface area contributed by atoms with Crippen molar-refractivity contribution >= 4 is 23.4 Å². The lowest BCUT2D eigenvalue weighted by Gasteiger charge is -2.08. The van der Waals surface area contributed by atoms with Crippen LogP contribution in [0.2, 0.25) is 0 Å². The molecule has 0 fully saturated rings.